The predicted molar refractivity (Wildman–Crippen MR) is 82.0 cm³/mol. The minimum absolute atomic E-state index is 0.168. The molecule has 0 fully saturated rings. The van der Waals surface area contributed by atoms with Gasteiger partial charge in [0.25, 0.3) is 5.91 Å². The van der Waals surface area contributed by atoms with Gasteiger partial charge in [-0.1, -0.05) is 11.6 Å². The van der Waals surface area contributed by atoms with E-state index in [1.165, 1.54) is 18.2 Å². The standard InChI is InChI=1S/C15H13ClN2O3/c1-8-6-10(15(20)21)3-5-13(8)18-14(19)9-2-4-11(16)12(17)7-9/h2-7H,17H2,1H3,(H,18,19)(H,20,21). The number of halogens is 1. The van der Waals surface area contributed by atoms with E-state index in [-0.39, 0.29) is 11.5 Å². The SMILES string of the molecule is Cc1cc(C(=O)O)ccc1NC(=O)c1ccc(Cl)c(N)c1. The number of hydrogen-bond donors (Lipinski definition) is 3. The van der Waals surface area contributed by atoms with E-state index in [1.807, 2.05) is 0 Å². The number of carboxylic acid groups (broad SMARTS) is 1. The molecule has 4 N–H and O–H groups in total. The predicted octanol–water partition coefficient (Wildman–Crippen LogP) is 3.18. The first-order valence-corrected chi connectivity index (χ1v) is 6.46. The van der Waals surface area contributed by atoms with Crippen molar-refractivity contribution in [1.82, 2.24) is 0 Å². The Labute approximate surface area is 126 Å². The van der Waals surface area contributed by atoms with Gasteiger partial charge in [-0.2, -0.15) is 0 Å². The van der Waals surface area contributed by atoms with Crippen LogP contribution < -0.4 is 11.1 Å². The van der Waals surface area contributed by atoms with Gasteiger partial charge < -0.3 is 16.2 Å². The molecule has 0 saturated carbocycles. The maximum absolute atomic E-state index is 12.1. The van der Waals surface area contributed by atoms with Crippen molar-refractivity contribution in [3.8, 4) is 0 Å². The summed E-state index contributed by atoms with van der Waals surface area (Å²) in [6.07, 6.45) is 0. The van der Waals surface area contributed by atoms with Crippen LogP contribution in [0.25, 0.3) is 0 Å². The fourth-order valence-corrected chi connectivity index (χ4v) is 1.93. The van der Waals surface area contributed by atoms with Gasteiger partial charge in [-0.15, -0.1) is 0 Å². The van der Waals surface area contributed by atoms with Gasteiger partial charge in [0.2, 0.25) is 0 Å². The molecule has 0 heterocycles. The van der Waals surface area contributed by atoms with E-state index in [2.05, 4.69) is 5.32 Å². The number of nitrogens with two attached hydrogens (primary N) is 1. The number of amides is 1. The van der Waals surface area contributed by atoms with Crippen molar-refractivity contribution in [3.05, 3.63) is 58.1 Å². The number of anilines is 2. The highest BCUT2D eigenvalue weighted by molar-refractivity contribution is 6.33. The Balaban J connectivity index is 2.23. The van der Waals surface area contributed by atoms with Crippen molar-refractivity contribution < 1.29 is 14.7 Å². The lowest BCUT2D eigenvalue weighted by molar-refractivity contribution is 0.0696. The number of carbonyl (C=O) groups excluding carboxylic acids is 1. The number of nitrogen functional groups attached to an aromatic ring is 1. The Morgan fingerprint density at radius 2 is 1.81 bits per heavy atom. The van der Waals surface area contributed by atoms with Crippen LogP contribution in [0.1, 0.15) is 26.3 Å². The van der Waals surface area contributed by atoms with Gasteiger partial charge in [0.1, 0.15) is 0 Å². The van der Waals surface area contributed by atoms with Crippen molar-refractivity contribution in [1.29, 1.82) is 0 Å². The van der Waals surface area contributed by atoms with Crippen LogP contribution >= 0.6 is 11.6 Å². The van der Waals surface area contributed by atoms with Crippen LogP contribution in [0, 0.1) is 6.92 Å². The Morgan fingerprint density at radius 3 is 2.38 bits per heavy atom. The molecule has 0 bridgehead atoms. The fourth-order valence-electron chi connectivity index (χ4n) is 1.82. The first-order valence-electron chi connectivity index (χ1n) is 6.09. The Hall–Kier alpha value is -2.53. The lowest BCUT2D eigenvalue weighted by Crippen LogP contribution is -2.13. The number of carbonyl (C=O) groups is 2. The summed E-state index contributed by atoms with van der Waals surface area (Å²) in [7, 11) is 0. The van der Waals surface area contributed by atoms with Crippen molar-refractivity contribution in [2.75, 3.05) is 11.1 Å². The smallest absolute Gasteiger partial charge is 0.335 e. The molecule has 0 atom stereocenters. The van der Waals surface area contributed by atoms with Crippen molar-refractivity contribution >= 4 is 34.9 Å². The topological polar surface area (TPSA) is 92.4 Å². The van der Waals surface area contributed by atoms with E-state index in [9.17, 15) is 9.59 Å². The Morgan fingerprint density at radius 1 is 1.14 bits per heavy atom. The van der Waals surface area contributed by atoms with Crippen LogP contribution in [0.3, 0.4) is 0 Å². The molecule has 0 spiro atoms. The third-order valence-electron chi connectivity index (χ3n) is 2.98. The highest BCUT2D eigenvalue weighted by atomic mass is 35.5. The van der Waals surface area contributed by atoms with E-state index in [4.69, 9.17) is 22.4 Å². The number of hydrogen-bond acceptors (Lipinski definition) is 3. The second kappa shape index (κ2) is 5.85. The molecule has 0 saturated heterocycles. The van der Waals surface area contributed by atoms with Crippen LogP contribution in [0.15, 0.2) is 36.4 Å². The minimum Gasteiger partial charge on any atom is -0.478 e. The molecule has 5 nitrogen and oxygen atoms in total. The monoisotopic (exact) mass is 304 g/mol. The maximum atomic E-state index is 12.1. The number of aryl methyl sites for hydroxylation is 1. The highest BCUT2D eigenvalue weighted by Gasteiger charge is 2.11. The average Bonchev–Trinajstić information content (AvgIpc) is 2.43. The number of benzene rings is 2. The third kappa shape index (κ3) is 3.32. The molecule has 1 amide bonds. The molecule has 2 aromatic rings. The molecular weight excluding hydrogens is 292 g/mol. The van der Waals surface area contributed by atoms with Crippen LogP contribution in [0.5, 0.6) is 0 Å². The summed E-state index contributed by atoms with van der Waals surface area (Å²) in [5.74, 6) is -1.36. The van der Waals surface area contributed by atoms with Gasteiger partial charge >= 0.3 is 5.97 Å². The zero-order valence-corrected chi connectivity index (χ0v) is 11.9. The summed E-state index contributed by atoms with van der Waals surface area (Å²) >= 11 is 5.81. The fraction of sp³-hybridized carbons (Fsp3) is 0.0667. The molecule has 21 heavy (non-hydrogen) atoms. The van der Waals surface area contributed by atoms with Gasteiger partial charge in [0, 0.05) is 11.3 Å². The summed E-state index contributed by atoms with van der Waals surface area (Å²) in [5, 5.41) is 12.0. The first-order chi connectivity index (χ1) is 9.88. The van der Waals surface area contributed by atoms with Crippen LogP contribution in [0.2, 0.25) is 5.02 Å². The van der Waals surface area contributed by atoms with E-state index < -0.39 is 5.97 Å². The normalized spacial score (nSPS) is 10.2. The van der Waals surface area contributed by atoms with Crippen LogP contribution in [0.4, 0.5) is 11.4 Å². The zero-order valence-electron chi connectivity index (χ0n) is 11.2. The lowest BCUT2D eigenvalue weighted by atomic mass is 10.1. The summed E-state index contributed by atoms with van der Waals surface area (Å²) in [5.41, 5.74) is 7.72. The lowest BCUT2D eigenvalue weighted by Gasteiger charge is -2.10. The van der Waals surface area contributed by atoms with Gasteiger partial charge in [0.05, 0.1) is 16.3 Å². The van der Waals surface area contributed by atoms with Crippen LogP contribution in [-0.4, -0.2) is 17.0 Å². The Bertz CT molecular complexity index is 729. The Kier molecular flexibility index (Phi) is 4.14. The van der Waals surface area contributed by atoms with E-state index in [0.717, 1.165) is 0 Å². The summed E-state index contributed by atoms with van der Waals surface area (Å²) < 4.78 is 0. The molecule has 0 aliphatic carbocycles. The van der Waals surface area contributed by atoms with Gasteiger partial charge in [0.15, 0.2) is 0 Å². The van der Waals surface area contributed by atoms with E-state index in [1.54, 1.807) is 25.1 Å². The van der Waals surface area contributed by atoms with E-state index >= 15 is 0 Å². The third-order valence-corrected chi connectivity index (χ3v) is 3.32. The zero-order chi connectivity index (χ0) is 15.6. The van der Waals surface area contributed by atoms with Gasteiger partial charge in [-0.3, -0.25) is 4.79 Å². The molecule has 6 heteroatoms. The summed E-state index contributed by atoms with van der Waals surface area (Å²) in [6, 6.07) is 9.07. The molecule has 0 aliphatic rings. The number of rotatable bonds is 3. The quantitative estimate of drug-likeness (QED) is 0.759. The number of nitrogens with one attached hydrogen (secondary N) is 1. The highest BCUT2D eigenvalue weighted by Crippen LogP contribution is 2.21. The minimum atomic E-state index is -1.01. The largest absolute Gasteiger partial charge is 0.478 e. The molecule has 0 unspecified atom stereocenters. The molecule has 0 radical (unpaired) electrons. The maximum Gasteiger partial charge on any atom is 0.335 e. The molecule has 0 aromatic heterocycles. The molecule has 0 aliphatic heterocycles. The number of carboxylic acids is 1. The average molecular weight is 305 g/mol. The van der Waals surface area contributed by atoms with Gasteiger partial charge in [-0.25, -0.2) is 4.79 Å². The van der Waals surface area contributed by atoms with Crippen molar-refractivity contribution in [2.24, 2.45) is 0 Å². The molecule has 2 aromatic carbocycles. The van der Waals surface area contributed by atoms with Crippen molar-refractivity contribution in [2.45, 2.75) is 6.92 Å². The van der Waals surface area contributed by atoms with Crippen molar-refractivity contribution in [3.63, 3.8) is 0 Å². The summed E-state index contributed by atoms with van der Waals surface area (Å²) in [4.78, 5) is 23.0. The van der Waals surface area contributed by atoms with E-state index in [0.29, 0.717) is 27.5 Å². The second-order valence-corrected chi connectivity index (χ2v) is 4.93. The first kappa shape index (κ1) is 14.9. The second-order valence-electron chi connectivity index (χ2n) is 4.53. The van der Waals surface area contributed by atoms with Crippen LogP contribution in [-0.2, 0) is 0 Å². The molecule has 2 rings (SSSR count). The number of aromatic carboxylic acids is 1. The molecule has 108 valence electrons. The molecular formula is C15H13ClN2O3. The van der Waals surface area contributed by atoms with Gasteiger partial charge in [-0.05, 0) is 48.9 Å². The summed E-state index contributed by atoms with van der Waals surface area (Å²) in [6.45, 7) is 1.72.